The van der Waals surface area contributed by atoms with Crippen molar-refractivity contribution in [1.29, 1.82) is 0 Å². The molecule has 0 aliphatic carbocycles. The van der Waals surface area contributed by atoms with Gasteiger partial charge in [0.1, 0.15) is 0 Å². The van der Waals surface area contributed by atoms with E-state index in [2.05, 4.69) is 0 Å². The fraction of sp³-hybridized carbons (Fsp3) is 0.333. The maximum Gasteiger partial charge on any atom is 0.245 e. The third kappa shape index (κ3) is 1.99. The summed E-state index contributed by atoms with van der Waals surface area (Å²) in [6.07, 6.45) is -2.68. The second-order valence-corrected chi connectivity index (χ2v) is 2.77. The van der Waals surface area contributed by atoms with E-state index in [-0.39, 0.29) is 5.56 Å². The molecule has 0 N–H and O–H groups in total. The largest absolute Gasteiger partial charge is 0.245 e. The summed E-state index contributed by atoms with van der Waals surface area (Å²) in [6, 6.07) is 3.28. The van der Waals surface area contributed by atoms with E-state index >= 15 is 0 Å². The number of halogens is 4. The highest BCUT2D eigenvalue weighted by molar-refractivity contribution is 5.22. The van der Waals surface area contributed by atoms with E-state index in [1.54, 1.807) is 0 Å². The molecule has 1 aromatic carbocycles. The van der Waals surface area contributed by atoms with Gasteiger partial charge < -0.3 is 0 Å². The first-order valence-corrected chi connectivity index (χ1v) is 3.76. The van der Waals surface area contributed by atoms with Gasteiger partial charge in [0.2, 0.25) is 6.43 Å². The molecule has 72 valence electrons. The molecule has 1 aromatic rings. The van der Waals surface area contributed by atoms with Gasteiger partial charge in [-0.15, -0.1) is 0 Å². The van der Waals surface area contributed by atoms with E-state index < -0.39 is 24.0 Å². The minimum absolute atomic E-state index is 0.282. The fourth-order valence-electron chi connectivity index (χ4n) is 1.01. The van der Waals surface area contributed by atoms with Gasteiger partial charge in [-0.3, -0.25) is 0 Å². The summed E-state index contributed by atoms with van der Waals surface area (Å²) in [5.74, 6) is -3.56. The van der Waals surface area contributed by atoms with E-state index in [1.807, 2.05) is 0 Å². The smallest absolute Gasteiger partial charge is 0.210 e. The summed E-state index contributed by atoms with van der Waals surface area (Å²) >= 11 is 0. The van der Waals surface area contributed by atoms with Crippen LogP contribution in [0.3, 0.4) is 0 Å². The lowest BCUT2D eigenvalue weighted by Crippen LogP contribution is -2.07. The van der Waals surface area contributed by atoms with Gasteiger partial charge in [-0.25, -0.2) is 17.6 Å². The first-order chi connectivity index (χ1) is 6.04. The van der Waals surface area contributed by atoms with Crippen LogP contribution >= 0.6 is 0 Å². The molecule has 0 aromatic heterocycles. The Labute approximate surface area is 73.2 Å². The van der Waals surface area contributed by atoms with E-state index in [9.17, 15) is 17.6 Å². The summed E-state index contributed by atoms with van der Waals surface area (Å²) in [6.45, 7) is 1.16. The third-order valence-corrected chi connectivity index (χ3v) is 1.85. The minimum Gasteiger partial charge on any atom is -0.210 e. The van der Waals surface area contributed by atoms with Gasteiger partial charge in [0.25, 0.3) is 0 Å². The Morgan fingerprint density at radius 3 is 2.31 bits per heavy atom. The SMILES string of the molecule is CC(c1cccc(F)c1F)C(F)F. The molecule has 0 nitrogen and oxygen atoms in total. The predicted octanol–water partition coefficient (Wildman–Crippen LogP) is 3.33. The van der Waals surface area contributed by atoms with Crippen molar-refractivity contribution >= 4 is 0 Å². The second kappa shape index (κ2) is 3.77. The predicted molar refractivity (Wildman–Crippen MR) is 40.8 cm³/mol. The molecular formula is C9H8F4. The van der Waals surface area contributed by atoms with Gasteiger partial charge in [0.05, 0.1) is 0 Å². The van der Waals surface area contributed by atoms with E-state index in [0.29, 0.717) is 0 Å². The van der Waals surface area contributed by atoms with Crippen molar-refractivity contribution in [1.82, 2.24) is 0 Å². The van der Waals surface area contributed by atoms with Crippen LogP contribution in [0, 0.1) is 11.6 Å². The number of hydrogen-bond acceptors (Lipinski definition) is 0. The number of benzene rings is 1. The van der Waals surface area contributed by atoms with Gasteiger partial charge >= 0.3 is 0 Å². The van der Waals surface area contributed by atoms with Gasteiger partial charge in [0, 0.05) is 5.92 Å². The zero-order valence-corrected chi connectivity index (χ0v) is 6.90. The van der Waals surface area contributed by atoms with Crippen LogP contribution in [0.2, 0.25) is 0 Å². The van der Waals surface area contributed by atoms with Crippen molar-refractivity contribution in [2.24, 2.45) is 0 Å². The van der Waals surface area contributed by atoms with Gasteiger partial charge in [0.15, 0.2) is 11.6 Å². The van der Waals surface area contributed by atoms with E-state index in [0.717, 1.165) is 19.1 Å². The molecule has 0 aliphatic heterocycles. The number of hydrogen-bond donors (Lipinski definition) is 0. The zero-order chi connectivity index (χ0) is 10.0. The molecule has 0 spiro atoms. The van der Waals surface area contributed by atoms with E-state index in [4.69, 9.17) is 0 Å². The molecule has 1 atom stereocenters. The highest BCUT2D eigenvalue weighted by atomic mass is 19.3. The standard InChI is InChI=1S/C9H8F4/c1-5(9(12)13)6-3-2-4-7(10)8(6)11/h2-5,9H,1H3. The molecule has 0 radical (unpaired) electrons. The molecule has 0 fully saturated rings. The van der Waals surface area contributed by atoms with Crippen molar-refractivity contribution in [2.45, 2.75) is 19.3 Å². The highest BCUT2D eigenvalue weighted by Crippen LogP contribution is 2.25. The molecule has 0 saturated carbocycles. The first-order valence-electron chi connectivity index (χ1n) is 3.76. The zero-order valence-electron chi connectivity index (χ0n) is 6.90. The second-order valence-electron chi connectivity index (χ2n) is 2.77. The Morgan fingerprint density at radius 2 is 1.77 bits per heavy atom. The minimum atomic E-state index is -2.68. The normalized spacial score (nSPS) is 13.4. The Bertz CT molecular complexity index is 296. The van der Waals surface area contributed by atoms with Crippen molar-refractivity contribution < 1.29 is 17.6 Å². The molecule has 0 bridgehead atoms. The maximum atomic E-state index is 12.9. The molecule has 13 heavy (non-hydrogen) atoms. The average molecular weight is 192 g/mol. The van der Waals surface area contributed by atoms with E-state index in [1.165, 1.54) is 6.07 Å². The topological polar surface area (TPSA) is 0 Å². The lowest BCUT2D eigenvalue weighted by molar-refractivity contribution is 0.119. The Balaban J connectivity index is 3.07. The fourth-order valence-corrected chi connectivity index (χ4v) is 1.01. The highest BCUT2D eigenvalue weighted by Gasteiger charge is 2.21. The Morgan fingerprint density at radius 1 is 1.15 bits per heavy atom. The molecule has 0 heterocycles. The maximum absolute atomic E-state index is 12.9. The molecular weight excluding hydrogens is 184 g/mol. The van der Waals surface area contributed by atoms with Gasteiger partial charge in [-0.1, -0.05) is 19.1 Å². The molecule has 1 unspecified atom stereocenters. The molecule has 4 heteroatoms. The van der Waals surface area contributed by atoms with Crippen molar-refractivity contribution in [3.8, 4) is 0 Å². The summed E-state index contributed by atoms with van der Waals surface area (Å²) in [5, 5.41) is 0. The lowest BCUT2D eigenvalue weighted by Gasteiger charge is -2.11. The van der Waals surface area contributed by atoms with Crippen molar-refractivity contribution in [3.05, 3.63) is 35.4 Å². The van der Waals surface area contributed by atoms with Crippen LogP contribution in [-0.2, 0) is 0 Å². The van der Waals surface area contributed by atoms with Gasteiger partial charge in [-0.05, 0) is 11.6 Å². The third-order valence-electron chi connectivity index (χ3n) is 1.85. The summed E-state index contributed by atoms with van der Waals surface area (Å²) in [4.78, 5) is 0. The van der Waals surface area contributed by atoms with Gasteiger partial charge in [-0.2, -0.15) is 0 Å². The van der Waals surface area contributed by atoms with Crippen LogP contribution in [0.15, 0.2) is 18.2 Å². The number of alkyl halides is 2. The van der Waals surface area contributed by atoms with Crippen LogP contribution in [0.1, 0.15) is 18.4 Å². The Kier molecular flexibility index (Phi) is 2.90. The Hall–Kier alpha value is -1.06. The van der Waals surface area contributed by atoms with Crippen molar-refractivity contribution in [3.63, 3.8) is 0 Å². The quantitative estimate of drug-likeness (QED) is 0.630. The van der Waals surface area contributed by atoms with Crippen LogP contribution in [-0.4, -0.2) is 6.43 Å². The molecule has 1 rings (SSSR count). The molecule has 0 amide bonds. The summed E-state index contributed by atoms with van der Waals surface area (Å²) in [7, 11) is 0. The number of rotatable bonds is 2. The van der Waals surface area contributed by atoms with Crippen LogP contribution < -0.4 is 0 Å². The van der Waals surface area contributed by atoms with Crippen molar-refractivity contribution in [2.75, 3.05) is 0 Å². The first kappa shape index (κ1) is 10.0. The summed E-state index contributed by atoms with van der Waals surface area (Å²) in [5.41, 5.74) is -0.282. The lowest BCUT2D eigenvalue weighted by atomic mass is 10.0. The molecule has 0 saturated heterocycles. The van der Waals surface area contributed by atoms with Crippen LogP contribution in [0.5, 0.6) is 0 Å². The monoisotopic (exact) mass is 192 g/mol. The van der Waals surface area contributed by atoms with Crippen LogP contribution in [0.25, 0.3) is 0 Å². The average Bonchev–Trinajstić information content (AvgIpc) is 2.08. The van der Waals surface area contributed by atoms with Crippen LogP contribution in [0.4, 0.5) is 17.6 Å². The molecule has 0 aliphatic rings. The summed E-state index contributed by atoms with van der Waals surface area (Å²) < 4.78 is 49.8.